The molecular formula is C22H22. The number of terminal acetylenes is 1. The minimum Gasteiger partial charge on any atom is -0.120 e. The summed E-state index contributed by atoms with van der Waals surface area (Å²) in [5.74, 6) is 9.38. The number of hydrogen-bond donors (Lipinski definition) is 0. The SMILES string of the molecule is C#C[C@H](C1C#CC=CC=C1)[C@@H](C=C)c1ccc(CCC)cc1. The predicted molar refractivity (Wildman–Crippen MR) is 95.2 cm³/mol. The van der Waals surface area contributed by atoms with E-state index in [1.165, 1.54) is 11.1 Å². The molecule has 0 saturated heterocycles. The summed E-state index contributed by atoms with van der Waals surface area (Å²) in [6.07, 6.45) is 17.9. The van der Waals surface area contributed by atoms with Crippen molar-refractivity contribution in [2.24, 2.45) is 11.8 Å². The van der Waals surface area contributed by atoms with Crippen LogP contribution in [0.1, 0.15) is 30.4 Å². The van der Waals surface area contributed by atoms with Crippen LogP contribution in [0.4, 0.5) is 0 Å². The smallest absolute Gasteiger partial charge is 0.0535 e. The molecule has 0 N–H and O–H groups in total. The van der Waals surface area contributed by atoms with Crippen molar-refractivity contribution >= 4 is 0 Å². The summed E-state index contributed by atoms with van der Waals surface area (Å²) in [5, 5.41) is 0. The number of aryl methyl sites for hydroxylation is 1. The Balaban J connectivity index is 2.26. The van der Waals surface area contributed by atoms with Gasteiger partial charge in [0.15, 0.2) is 0 Å². The van der Waals surface area contributed by atoms with Crippen LogP contribution in [-0.4, -0.2) is 0 Å². The minimum atomic E-state index is -0.00169. The molecular weight excluding hydrogens is 264 g/mol. The highest BCUT2D eigenvalue weighted by Crippen LogP contribution is 2.32. The van der Waals surface area contributed by atoms with Gasteiger partial charge >= 0.3 is 0 Å². The lowest BCUT2D eigenvalue weighted by atomic mass is 9.78. The second-order valence-corrected chi connectivity index (χ2v) is 5.50. The third-order valence-corrected chi connectivity index (χ3v) is 3.98. The molecule has 0 saturated carbocycles. The van der Waals surface area contributed by atoms with Gasteiger partial charge in [-0.1, -0.05) is 73.8 Å². The summed E-state index contributed by atoms with van der Waals surface area (Å²) in [7, 11) is 0. The lowest BCUT2D eigenvalue weighted by Gasteiger charge is -2.24. The summed E-state index contributed by atoms with van der Waals surface area (Å²) in [6.45, 7) is 6.19. The van der Waals surface area contributed by atoms with Crippen molar-refractivity contribution in [3.05, 3.63) is 72.4 Å². The lowest BCUT2D eigenvalue weighted by Crippen LogP contribution is -2.17. The molecule has 1 aliphatic carbocycles. The molecule has 1 unspecified atom stereocenters. The van der Waals surface area contributed by atoms with Gasteiger partial charge in [-0.2, -0.15) is 0 Å². The molecule has 110 valence electrons. The van der Waals surface area contributed by atoms with Crippen LogP contribution >= 0.6 is 0 Å². The van der Waals surface area contributed by atoms with Gasteiger partial charge in [-0.3, -0.25) is 0 Å². The van der Waals surface area contributed by atoms with Gasteiger partial charge in [0.1, 0.15) is 0 Å². The van der Waals surface area contributed by atoms with E-state index in [9.17, 15) is 0 Å². The van der Waals surface area contributed by atoms with Crippen LogP contribution in [-0.2, 0) is 6.42 Å². The van der Waals surface area contributed by atoms with Crippen LogP contribution in [0.15, 0.2) is 61.2 Å². The molecule has 0 spiro atoms. The lowest BCUT2D eigenvalue weighted by molar-refractivity contribution is 0.536. The summed E-state index contributed by atoms with van der Waals surface area (Å²) < 4.78 is 0. The van der Waals surface area contributed by atoms with Crippen molar-refractivity contribution in [3.63, 3.8) is 0 Å². The number of hydrogen-bond acceptors (Lipinski definition) is 0. The molecule has 2 rings (SSSR count). The molecule has 0 bridgehead atoms. The monoisotopic (exact) mass is 286 g/mol. The van der Waals surface area contributed by atoms with Crippen molar-refractivity contribution in [2.45, 2.75) is 25.7 Å². The third-order valence-electron chi connectivity index (χ3n) is 3.98. The van der Waals surface area contributed by atoms with Gasteiger partial charge in [0.2, 0.25) is 0 Å². The normalized spacial score (nSPS) is 18.5. The van der Waals surface area contributed by atoms with Crippen LogP contribution in [0.25, 0.3) is 0 Å². The fraction of sp³-hybridized carbons (Fsp3) is 0.273. The minimum absolute atomic E-state index is 0.00169. The Kier molecular flexibility index (Phi) is 5.88. The zero-order valence-corrected chi connectivity index (χ0v) is 13.1. The highest BCUT2D eigenvalue weighted by Gasteiger charge is 2.24. The van der Waals surface area contributed by atoms with E-state index in [1.54, 1.807) is 0 Å². The van der Waals surface area contributed by atoms with E-state index in [-0.39, 0.29) is 17.8 Å². The average molecular weight is 286 g/mol. The van der Waals surface area contributed by atoms with Gasteiger partial charge in [0.05, 0.1) is 5.92 Å². The Morgan fingerprint density at radius 2 is 2.09 bits per heavy atom. The molecule has 3 atom stereocenters. The van der Waals surface area contributed by atoms with Crippen LogP contribution in [0.2, 0.25) is 0 Å². The first-order chi connectivity index (χ1) is 10.8. The zero-order valence-electron chi connectivity index (χ0n) is 13.1. The molecule has 0 heteroatoms. The summed E-state index contributed by atoms with van der Waals surface area (Å²) in [6, 6.07) is 8.74. The predicted octanol–water partition coefficient (Wildman–Crippen LogP) is 4.90. The van der Waals surface area contributed by atoms with E-state index in [4.69, 9.17) is 6.42 Å². The van der Waals surface area contributed by atoms with Crippen molar-refractivity contribution < 1.29 is 0 Å². The topological polar surface area (TPSA) is 0 Å². The standard InChI is InChI=1S/C22H22/c1-4-11-18-14-16-20(17-15-18)22(6-3)21(5-2)19-12-9-7-8-10-13-19/h2,6-9,12,14-17,19,21-22H,3-4,11H2,1H3/t19?,21-,22+/m1/s1. The molecule has 0 heterocycles. The van der Waals surface area contributed by atoms with Gasteiger partial charge in [0, 0.05) is 11.8 Å². The molecule has 0 fully saturated rings. The largest absolute Gasteiger partial charge is 0.120 e. The van der Waals surface area contributed by atoms with E-state index in [0.29, 0.717) is 0 Å². The summed E-state index contributed by atoms with van der Waals surface area (Å²) in [4.78, 5) is 0. The molecule has 0 radical (unpaired) electrons. The third kappa shape index (κ3) is 3.81. The van der Waals surface area contributed by atoms with E-state index < -0.39 is 0 Å². The quantitative estimate of drug-likeness (QED) is 0.515. The maximum absolute atomic E-state index is 5.83. The highest BCUT2D eigenvalue weighted by molar-refractivity contribution is 5.35. The fourth-order valence-corrected chi connectivity index (χ4v) is 2.81. The molecule has 0 amide bonds. The van der Waals surface area contributed by atoms with E-state index in [2.05, 4.69) is 61.6 Å². The fourth-order valence-electron chi connectivity index (χ4n) is 2.81. The zero-order chi connectivity index (χ0) is 15.8. The molecule has 1 aromatic carbocycles. The maximum atomic E-state index is 5.83. The maximum Gasteiger partial charge on any atom is 0.0535 e. The van der Waals surface area contributed by atoms with E-state index >= 15 is 0 Å². The number of rotatable bonds is 6. The van der Waals surface area contributed by atoms with Crippen molar-refractivity contribution in [2.75, 3.05) is 0 Å². The van der Waals surface area contributed by atoms with Crippen LogP contribution in [0, 0.1) is 36.0 Å². The van der Waals surface area contributed by atoms with Crippen molar-refractivity contribution in [1.82, 2.24) is 0 Å². The molecule has 1 aromatic rings. The summed E-state index contributed by atoms with van der Waals surface area (Å²) in [5.41, 5.74) is 2.58. The van der Waals surface area contributed by atoms with Gasteiger partial charge in [0.25, 0.3) is 0 Å². The van der Waals surface area contributed by atoms with Crippen molar-refractivity contribution in [3.8, 4) is 24.2 Å². The van der Waals surface area contributed by atoms with Gasteiger partial charge < -0.3 is 0 Å². The Hall–Kier alpha value is -2.44. The highest BCUT2D eigenvalue weighted by atomic mass is 14.3. The van der Waals surface area contributed by atoms with Crippen LogP contribution < -0.4 is 0 Å². The van der Waals surface area contributed by atoms with Gasteiger partial charge in [-0.15, -0.1) is 18.9 Å². The molecule has 0 nitrogen and oxygen atoms in total. The Morgan fingerprint density at radius 3 is 2.73 bits per heavy atom. The Bertz CT molecular complexity index is 653. The molecule has 22 heavy (non-hydrogen) atoms. The molecule has 1 aliphatic rings. The van der Waals surface area contributed by atoms with Crippen molar-refractivity contribution in [1.29, 1.82) is 0 Å². The van der Waals surface area contributed by atoms with E-state index in [1.807, 2.05) is 24.3 Å². The van der Waals surface area contributed by atoms with Crippen LogP contribution in [0.3, 0.4) is 0 Å². The summed E-state index contributed by atoms with van der Waals surface area (Å²) >= 11 is 0. The van der Waals surface area contributed by atoms with Crippen LogP contribution in [0.5, 0.6) is 0 Å². The number of benzene rings is 1. The second kappa shape index (κ2) is 8.11. The first-order valence-electron chi connectivity index (χ1n) is 7.82. The molecule has 0 aromatic heterocycles. The first kappa shape index (κ1) is 15.9. The van der Waals surface area contributed by atoms with Gasteiger partial charge in [-0.05, 0) is 23.6 Å². The van der Waals surface area contributed by atoms with Gasteiger partial charge in [-0.25, -0.2) is 0 Å². The Labute approximate surface area is 134 Å². The number of allylic oxidation sites excluding steroid dienone is 5. The second-order valence-electron chi connectivity index (χ2n) is 5.50. The Morgan fingerprint density at radius 1 is 1.32 bits per heavy atom. The molecule has 0 aliphatic heterocycles. The van der Waals surface area contributed by atoms with E-state index in [0.717, 1.165) is 12.8 Å². The average Bonchev–Trinajstić information content (AvgIpc) is 2.83. The first-order valence-corrected chi connectivity index (χ1v) is 7.82.